The topological polar surface area (TPSA) is 75.7 Å². The molecule has 0 spiro atoms. The third-order valence-electron chi connectivity index (χ3n) is 3.76. The summed E-state index contributed by atoms with van der Waals surface area (Å²) in [6.07, 6.45) is 1.08. The van der Waals surface area contributed by atoms with E-state index in [2.05, 4.69) is 5.32 Å². The standard InChI is InChI=1S/C19H24N2O4S2/c1-15-4-10-18(11-5-15)26-13-12-20-19(22)14-21(27(3,23)24)16-6-8-17(25-2)9-7-16/h4-11H,12-14H2,1-3H3,(H,20,22). The number of rotatable bonds is 9. The smallest absolute Gasteiger partial charge is 0.240 e. The van der Waals surface area contributed by atoms with Gasteiger partial charge in [-0.2, -0.15) is 0 Å². The number of carbonyl (C=O) groups excluding carboxylic acids is 1. The molecule has 1 N–H and O–H groups in total. The second-order valence-electron chi connectivity index (χ2n) is 5.98. The molecule has 1 amide bonds. The van der Waals surface area contributed by atoms with Gasteiger partial charge < -0.3 is 10.1 Å². The van der Waals surface area contributed by atoms with E-state index >= 15 is 0 Å². The van der Waals surface area contributed by atoms with Crippen molar-refractivity contribution in [3.63, 3.8) is 0 Å². The van der Waals surface area contributed by atoms with E-state index in [1.54, 1.807) is 36.0 Å². The number of hydrogen-bond donors (Lipinski definition) is 1. The van der Waals surface area contributed by atoms with Crippen molar-refractivity contribution in [3.05, 3.63) is 54.1 Å². The second-order valence-corrected chi connectivity index (χ2v) is 9.05. The zero-order valence-corrected chi connectivity index (χ0v) is 17.3. The quantitative estimate of drug-likeness (QED) is 0.510. The molecule has 0 fully saturated rings. The Morgan fingerprint density at radius 1 is 1.11 bits per heavy atom. The Balaban J connectivity index is 1.88. The van der Waals surface area contributed by atoms with Crippen LogP contribution < -0.4 is 14.4 Å². The van der Waals surface area contributed by atoms with Gasteiger partial charge in [-0.15, -0.1) is 11.8 Å². The first kappa shape index (κ1) is 21.1. The van der Waals surface area contributed by atoms with Crippen molar-refractivity contribution in [2.24, 2.45) is 0 Å². The zero-order chi connectivity index (χ0) is 19.9. The maximum absolute atomic E-state index is 12.2. The van der Waals surface area contributed by atoms with Crippen molar-refractivity contribution in [3.8, 4) is 5.75 Å². The van der Waals surface area contributed by atoms with Crippen LogP contribution in [0.25, 0.3) is 0 Å². The molecule has 0 unspecified atom stereocenters. The molecule has 0 aliphatic rings. The van der Waals surface area contributed by atoms with Gasteiger partial charge in [0, 0.05) is 17.2 Å². The lowest BCUT2D eigenvalue weighted by molar-refractivity contribution is -0.119. The first-order valence-electron chi connectivity index (χ1n) is 8.37. The number of hydrogen-bond acceptors (Lipinski definition) is 5. The minimum atomic E-state index is -3.58. The number of anilines is 1. The van der Waals surface area contributed by atoms with Gasteiger partial charge in [-0.05, 0) is 43.3 Å². The number of thioether (sulfide) groups is 1. The van der Waals surface area contributed by atoms with Crippen LogP contribution in [0.15, 0.2) is 53.4 Å². The number of nitrogens with zero attached hydrogens (tertiary/aromatic N) is 1. The average Bonchev–Trinajstić information content (AvgIpc) is 2.64. The number of carbonyl (C=O) groups is 1. The molecule has 0 bridgehead atoms. The molecule has 0 aliphatic heterocycles. The van der Waals surface area contributed by atoms with Crippen molar-refractivity contribution >= 4 is 33.4 Å². The number of benzene rings is 2. The number of sulfonamides is 1. The first-order chi connectivity index (χ1) is 12.8. The molecular formula is C19H24N2O4S2. The SMILES string of the molecule is COc1ccc(N(CC(=O)NCCSc2ccc(C)cc2)S(C)(=O)=O)cc1. The lowest BCUT2D eigenvalue weighted by Crippen LogP contribution is -2.41. The van der Waals surface area contributed by atoms with Crippen LogP contribution in [-0.2, 0) is 14.8 Å². The van der Waals surface area contributed by atoms with E-state index in [0.29, 0.717) is 23.7 Å². The Bertz CT molecular complexity index is 850. The van der Waals surface area contributed by atoms with Gasteiger partial charge in [0.25, 0.3) is 0 Å². The summed E-state index contributed by atoms with van der Waals surface area (Å²) in [4.78, 5) is 13.3. The molecule has 0 saturated heterocycles. The van der Waals surface area contributed by atoms with Crippen LogP contribution in [0.5, 0.6) is 5.75 Å². The van der Waals surface area contributed by atoms with Gasteiger partial charge in [0.1, 0.15) is 12.3 Å². The predicted molar refractivity (Wildman–Crippen MR) is 110 cm³/mol. The molecule has 0 heterocycles. The molecule has 0 atom stereocenters. The summed E-state index contributed by atoms with van der Waals surface area (Å²) in [5, 5.41) is 2.77. The highest BCUT2D eigenvalue weighted by molar-refractivity contribution is 7.99. The Morgan fingerprint density at radius 3 is 2.30 bits per heavy atom. The van der Waals surface area contributed by atoms with Crippen molar-refractivity contribution in [2.75, 3.05) is 36.5 Å². The molecular weight excluding hydrogens is 384 g/mol. The van der Waals surface area contributed by atoms with E-state index in [1.165, 1.54) is 12.7 Å². The van der Waals surface area contributed by atoms with Crippen molar-refractivity contribution < 1.29 is 17.9 Å². The van der Waals surface area contributed by atoms with Crippen LogP contribution in [0.3, 0.4) is 0 Å². The van der Waals surface area contributed by atoms with Crippen LogP contribution in [0.1, 0.15) is 5.56 Å². The summed E-state index contributed by atoms with van der Waals surface area (Å²) in [5.74, 6) is 0.974. The number of ether oxygens (including phenoxy) is 1. The molecule has 8 heteroatoms. The summed E-state index contributed by atoms with van der Waals surface area (Å²) in [6.45, 7) is 2.23. The van der Waals surface area contributed by atoms with Crippen LogP contribution >= 0.6 is 11.8 Å². The average molecular weight is 409 g/mol. The summed E-state index contributed by atoms with van der Waals surface area (Å²) in [7, 11) is -2.05. The fraction of sp³-hybridized carbons (Fsp3) is 0.316. The third kappa shape index (κ3) is 6.80. The largest absolute Gasteiger partial charge is 0.497 e. The van der Waals surface area contributed by atoms with E-state index in [9.17, 15) is 13.2 Å². The molecule has 0 radical (unpaired) electrons. The minimum Gasteiger partial charge on any atom is -0.497 e. The van der Waals surface area contributed by atoms with Crippen LogP contribution in [0, 0.1) is 6.92 Å². The third-order valence-corrected chi connectivity index (χ3v) is 5.92. The van der Waals surface area contributed by atoms with E-state index in [-0.39, 0.29) is 12.5 Å². The number of aryl methyl sites for hydroxylation is 1. The normalized spacial score (nSPS) is 11.1. The molecule has 2 rings (SSSR count). The number of nitrogens with one attached hydrogen (secondary N) is 1. The van der Waals surface area contributed by atoms with Gasteiger partial charge in [0.2, 0.25) is 15.9 Å². The van der Waals surface area contributed by atoms with E-state index in [4.69, 9.17) is 4.74 Å². The number of methoxy groups -OCH3 is 1. The van der Waals surface area contributed by atoms with Gasteiger partial charge in [-0.3, -0.25) is 9.10 Å². The van der Waals surface area contributed by atoms with Gasteiger partial charge in [-0.1, -0.05) is 17.7 Å². The van der Waals surface area contributed by atoms with Crippen LogP contribution in [0.2, 0.25) is 0 Å². The molecule has 2 aromatic carbocycles. The van der Waals surface area contributed by atoms with Gasteiger partial charge in [0.05, 0.1) is 19.1 Å². The Morgan fingerprint density at radius 2 is 1.74 bits per heavy atom. The first-order valence-corrected chi connectivity index (χ1v) is 11.2. The Labute approximate surface area is 165 Å². The molecule has 2 aromatic rings. The Kier molecular flexibility index (Phi) is 7.55. The zero-order valence-electron chi connectivity index (χ0n) is 15.6. The molecule has 0 saturated carbocycles. The van der Waals surface area contributed by atoms with Gasteiger partial charge in [-0.25, -0.2) is 8.42 Å². The lowest BCUT2D eigenvalue weighted by Gasteiger charge is -2.22. The summed E-state index contributed by atoms with van der Waals surface area (Å²) < 4.78 is 30.3. The predicted octanol–water partition coefficient (Wildman–Crippen LogP) is 2.68. The van der Waals surface area contributed by atoms with E-state index in [1.807, 2.05) is 31.2 Å². The maximum Gasteiger partial charge on any atom is 0.240 e. The highest BCUT2D eigenvalue weighted by Crippen LogP contribution is 2.21. The van der Waals surface area contributed by atoms with Crippen LogP contribution in [-0.4, -0.2) is 46.5 Å². The van der Waals surface area contributed by atoms with E-state index in [0.717, 1.165) is 15.5 Å². The molecule has 6 nitrogen and oxygen atoms in total. The van der Waals surface area contributed by atoms with Crippen molar-refractivity contribution in [1.29, 1.82) is 0 Å². The highest BCUT2D eigenvalue weighted by Gasteiger charge is 2.20. The molecule has 0 aromatic heterocycles. The molecule has 27 heavy (non-hydrogen) atoms. The minimum absolute atomic E-state index is 0.264. The fourth-order valence-corrected chi connectivity index (χ4v) is 3.95. The Hall–Kier alpha value is -2.19. The molecule has 146 valence electrons. The lowest BCUT2D eigenvalue weighted by atomic mass is 10.2. The summed E-state index contributed by atoms with van der Waals surface area (Å²) in [5.41, 5.74) is 1.62. The second kappa shape index (κ2) is 9.66. The van der Waals surface area contributed by atoms with Crippen molar-refractivity contribution in [1.82, 2.24) is 5.32 Å². The van der Waals surface area contributed by atoms with Gasteiger partial charge in [0.15, 0.2) is 0 Å². The van der Waals surface area contributed by atoms with E-state index < -0.39 is 10.0 Å². The molecule has 0 aliphatic carbocycles. The highest BCUT2D eigenvalue weighted by atomic mass is 32.2. The van der Waals surface area contributed by atoms with Crippen molar-refractivity contribution in [2.45, 2.75) is 11.8 Å². The maximum atomic E-state index is 12.2. The summed E-state index contributed by atoms with van der Waals surface area (Å²) in [6, 6.07) is 14.7. The summed E-state index contributed by atoms with van der Waals surface area (Å²) >= 11 is 1.64. The van der Waals surface area contributed by atoms with Crippen LogP contribution in [0.4, 0.5) is 5.69 Å². The number of amides is 1. The monoisotopic (exact) mass is 408 g/mol. The fourth-order valence-electron chi connectivity index (χ4n) is 2.33. The van der Waals surface area contributed by atoms with Gasteiger partial charge >= 0.3 is 0 Å².